The average Bonchev–Trinajstić information content (AvgIpc) is 2.30. The number of nitrogens with zero attached hydrogens (tertiary/aromatic N) is 3. The Morgan fingerprint density at radius 1 is 1.19 bits per heavy atom. The Bertz CT molecular complexity index is 346. The molecule has 16 heavy (non-hydrogen) atoms. The van der Waals surface area contributed by atoms with Gasteiger partial charge in [-0.2, -0.15) is 4.98 Å². The fourth-order valence-electron chi connectivity index (χ4n) is 2.28. The van der Waals surface area contributed by atoms with Gasteiger partial charge in [0.25, 0.3) is 0 Å². The molecule has 0 amide bonds. The van der Waals surface area contributed by atoms with Crippen molar-refractivity contribution in [1.29, 1.82) is 0 Å². The number of nitrogen functional groups attached to an aromatic ring is 1. The molecule has 0 bridgehead atoms. The molecule has 0 radical (unpaired) electrons. The molecule has 0 aliphatic carbocycles. The summed E-state index contributed by atoms with van der Waals surface area (Å²) >= 11 is 0. The first kappa shape index (κ1) is 11.2. The molecule has 0 unspecified atom stereocenters. The van der Waals surface area contributed by atoms with Crippen LogP contribution in [0.3, 0.4) is 0 Å². The summed E-state index contributed by atoms with van der Waals surface area (Å²) in [5.74, 6) is 1.46. The predicted octanol–water partition coefficient (Wildman–Crippen LogP) is 1.92. The standard InChI is InChI=1S/C12H20N4/c1-3-10-9(2)14-12(15-11(10)13)16-7-5-4-6-8-16/h3-8H2,1-2H3,(H2,13,14,15). The van der Waals surface area contributed by atoms with Crippen LogP contribution >= 0.6 is 0 Å². The lowest BCUT2D eigenvalue weighted by Crippen LogP contribution is -2.31. The van der Waals surface area contributed by atoms with Crippen molar-refractivity contribution in [2.24, 2.45) is 0 Å². The van der Waals surface area contributed by atoms with Gasteiger partial charge in [0.15, 0.2) is 0 Å². The summed E-state index contributed by atoms with van der Waals surface area (Å²) in [6.07, 6.45) is 4.69. The Labute approximate surface area is 96.9 Å². The van der Waals surface area contributed by atoms with Crippen LogP contribution in [0.15, 0.2) is 0 Å². The first-order valence-corrected chi connectivity index (χ1v) is 6.10. The lowest BCUT2D eigenvalue weighted by atomic mass is 10.1. The molecule has 0 aromatic carbocycles. The van der Waals surface area contributed by atoms with E-state index in [1.807, 2.05) is 6.92 Å². The van der Waals surface area contributed by atoms with Crippen LogP contribution < -0.4 is 10.6 Å². The second-order valence-electron chi connectivity index (χ2n) is 4.37. The van der Waals surface area contributed by atoms with E-state index < -0.39 is 0 Å². The first-order chi connectivity index (χ1) is 7.72. The fourth-order valence-corrected chi connectivity index (χ4v) is 2.28. The van der Waals surface area contributed by atoms with E-state index in [2.05, 4.69) is 21.8 Å². The third kappa shape index (κ3) is 2.10. The van der Waals surface area contributed by atoms with Gasteiger partial charge >= 0.3 is 0 Å². The van der Waals surface area contributed by atoms with E-state index in [0.717, 1.165) is 36.7 Å². The van der Waals surface area contributed by atoms with E-state index in [-0.39, 0.29) is 0 Å². The molecule has 1 aromatic rings. The van der Waals surface area contributed by atoms with Gasteiger partial charge in [0, 0.05) is 24.3 Å². The lowest BCUT2D eigenvalue weighted by molar-refractivity contribution is 0.567. The molecule has 4 nitrogen and oxygen atoms in total. The van der Waals surface area contributed by atoms with Crippen LogP contribution in [0.5, 0.6) is 0 Å². The highest BCUT2D eigenvalue weighted by molar-refractivity contribution is 5.47. The summed E-state index contributed by atoms with van der Waals surface area (Å²) < 4.78 is 0. The summed E-state index contributed by atoms with van der Waals surface area (Å²) in [5.41, 5.74) is 8.07. The van der Waals surface area contributed by atoms with E-state index in [4.69, 9.17) is 5.73 Å². The SMILES string of the molecule is CCc1c(C)nc(N2CCCCC2)nc1N. The van der Waals surface area contributed by atoms with E-state index in [1.165, 1.54) is 19.3 Å². The van der Waals surface area contributed by atoms with Gasteiger partial charge in [0.1, 0.15) is 5.82 Å². The summed E-state index contributed by atoms with van der Waals surface area (Å²) in [4.78, 5) is 11.2. The maximum absolute atomic E-state index is 5.96. The second kappa shape index (κ2) is 4.68. The van der Waals surface area contributed by atoms with Crippen LogP contribution in [0, 0.1) is 6.92 Å². The molecule has 2 rings (SSSR count). The van der Waals surface area contributed by atoms with Crippen molar-refractivity contribution < 1.29 is 0 Å². The third-order valence-electron chi connectivity index (χ3n) is 3.23. The van der Waals surface area contributed by atoms with E-state index in [1.54, 1.807) is 0 Å². The number of piperidine rings is 1. The summed E-state index contributed by atoms with van der Waals surface area (Å²) in [6, 6.07) is 0. The van der Waals surface area contributed by atoms with Crippen LogP contribution in [-0.2, 0) is 6.42 Å². The monoisotopic (exact) mass is 220 g/mol. The molecule has 0 saturated carbocycles. The number of anilines is 2. The minimum atomic E-state index is 0.649. The number of rotatable bonds is 2. The Morgan fingerprint density at radius 2 is 1.88 bits per heavy atom. The van der Waals surface area contributed by atoms with Crippen LogP contribution in [0.25, 0.3) is 0 Å². The van der Waals surface area contributed by atoms with Crippen LogP contribution in [0.1, 0.15) is 37.4 Å². The van der Waals surface area contributed by atoms with Gasteiger partial charge in [0.05, 0.1) is 0 Å². The summed E-state index contributed by atoms with van der Waals surface area (Å²) in [7, 11) is 0. The lowest BCUT2D eigenvalue weighted by Gasteiger charge is -2.27. The zero-order valence-electron chi connectivity index (χ0n) is 10.2. The highest BCUT2D eigenvalue weighted by Gasteiger charge is 2.15. The maximum atomic E-state index is 5.96. The van der Waals surface area contributed by atoms with Crippen molar-refractivity contribution in [3.63, 3.8) is 0 Å². The molecule has 88 valence electrons. The van der Waals surface area contributed by atoms with E-state index in [9.17, 15) is 0 Å². The van der Waals surface area contributed by atoms with Gasteiger partial charge < -0.3 is 10.6 Å². The Balaban J connectivity index is 2.28. The largest absolute Gasteiger partial charge is 0.383 e. The summed E-state index contributed by atoms with van der Waals surface area (Å²) in [5, 5.41) is 0. The molecule has 2 heterocycles. The number of aromatic nitrogens is 2. The van der Waals surface area contributed by atoms with Crippen LogP contribution in [0.2, 0.25) is 0 Å². The van der Waals surface area contributed by atoms with Crippen molar-refractivity contribution in [2.75, 3.05) is 23.7 Å². The quantitative estimate of drug-likeness (QED) is 0.827. The Kier molecular flexibility index (Phi) is 3.27. The number of hydrogen-bond acceptors (Lipinski definition) is 4. The normalized spacial score (nSPS) is 16.5. The molecule has 0 spiro atoms. The topological polar surface area (TPSA) is 55.0 Å². The van der Waals surface area contributed by atoms with Gasteiger partial charge in [-0.05, 0) is 32.6 Å². The highest BCUT2D eigenvalue weighted by atomic mass is 15.3. The molecule has 1 aliphatic heterocycles. The molecule has 4 heteroatoms. The molecule has 1 aromatic heterocycles. The third-order valence-corrected chi connectivity index (χ3v) is 3.23. The molecule has 1 aliphatic rings. The maximum Gasteiger partial charge on any atom is 0.227 e. The number of nitrogens with two attached hydrogens (primary N) is 1. The zero-order valence-corrected chi connectivity index (χ0v) is 10.2. The average molecular weight is 220 g/mol. The Morgan fingerprint density at radius 3 is 2.44 bits per heavy atom. The number of aryl methyl sites for hydroxylation is 1. The van der Waals surface area contributed by atoms with Gasteiger partial charge in [-0.3, -0.25) is 0 Å². The smallest absolute Gasteiger partial charge is 0.227 e. The van der Waals surface area contributed by atoms with Crippen molar-refractivity contribution in [3.05, 3.63) is 11.3 Å². The molecule has 0 atom stereocenters. The van der Waals surface area contributed by atoms with Gasteiger partial charge in [-0.1, -0.05) is 6.92 Å². The van der Waals surface area contributed by atoms with Crippen molar-refractivity contribution in [2.45, 2.75) is 39.5 Å². The van der Waals surface area contributed by atoms with Gasteiger partial charge in [-0.15, -0.1) is 0 Å². The molecule has 1 fully saturated rings. The van der Waals surface area contributed by atoms with Crippen LogP contribution in [-0.4, -0.2) is 23.1 Å². The fraction of sp³-hybridized carbons (Fsp3) is 0.667. The minimum absolute atomic E-state index is 0.649. The van der Waals surface area contributed by atoms with E-state index in [0.29, 0.717) is 5.82 Å². The minimum Gasteiger partial charge on any atom is -0.383 e. The second-order valence-corrected chi connectivity index (χ2v) is 4.37. The molecule has 2 N–H and O–H groups in total. The predicted molar refractivity (Wildman–Crippen MR) is 66.6 cm³/mol. The molecular formula is C12H20N4. The van der Waals surface area contributed by atoms with Gasteiger partial charge in [0.2, 0.25) is 5.95 Å². The van der Waals surface area contributed by atoms with Gasteiger partial charge in [-0.25, -0.2) is 4.98 Å². The van der Waals surface area contributed by atoms with Crippen LogP contribution in [0.4, 0.5) is 11.8 Å². The summed E-state index contributed by atoms with van der Waals surface area (Å²) in [6.45, 7) is 6.22. The first-order valence-electron chi connectivity index (χ1n) is 6.10. The van der Waals surface area contributed by atoms with E-state index >= 15 is 0 Å². The van der Waals surface area contributed by atoms with Crippen molar-refractivity contribution in [1.82, 2.24) is 9.97 Å². The highest BCUT2D eigenvalue weighted by Crippen LogP contribution is 2.20. The Hall–Kier alpha value is -1.32. The number of hydrogen-bond donors (Lipinski definition) is 1. The molecular weight excluding hydrogens is 200 g/mol. The molecule has 1 saturated heterocycles. The van der Waals surface area contributed by atoms with Crippen molar-refractivity contribution >= 4 is 11.8 Å². The zero-order chi connectivity index (χ0) is 11.5. The van der Waals surface area contributed by atoms with Crippen molar-refractivity contribution in [3.8, 4) is 0 Å².